The summed E-state index contributed by atoms with van der Waals surface area (Å²) in [5.41, 5.74) is 0.895. The summed E-state index contributed by atoms with van der Waals surface area (Å²) in [6, 6.07) is 4.64. The number of aromatic hydroxyl groups is 1. The monoisotopic (exact) mass is 193 g/mol. The molecule has 0 aromatic heterocycles. The van der Waals surface area contributed by atoms with E-state index in [-0.39, 0.29) is 17.4 Å². The van der Waals surface area contributed by atoms with Crippen molar-refractivity contribution in [2.75, 3.05) is 6.54 Å². The predicted molar refractivity (Wildman–Crippen MR) is 50.4 cm³/mol. The number of carboxylic acids is 1. The van der Waals surface area contributed by atoms with E-state index in [0.717, 1.165) is 18.5 Å². The summed E-state index contributed by atoms with van der Waals surface area (Å²) < 4.78 is 0. The Morgan fingerprint density at radius 3 is 2.64 bits per heavy atom. The quantitative estimate of drug-likeness (QED) is 0.658. The Morgan fingerprint density at radius 1 is 1.50 bits per heavy atom. The number of hydrogen-bond acceptors (Lipinski definition) is 3. The third kappa shape index (κ3) is 1.44. The van der Waals surface area contributed by atoms with Crippen molar-refractivity contribution in [3.63, 3.8) is 0 Å². The van der Waals surface area contributed by atoms with Crippen molar-refractivity contribution in [3.8, 4) is 5.75 Å². The fourth-order valence-corrected chi connectivity index (χ4v) is 1.53. The second kappa shape index (κ2) is 3.31. The molecule has 0 amide bonds. The average molecular weight is 193 g/mol. The zero-order valence-electron chi connectivity index (χ0n) is 7.53. The van der Waals surface area contributed by atoms with Crippen LogP contribution in [0.15, 0.2) is 18.2 Å². The van der Waals surface area contributed by atoms with Crippen LogP contribution >= 0.6 is 0 Å². The van der Waals surface area contributed by atoms with Crippen molar-refractivity contribution < 1.29 is 15.0 Å². The maximum absolute atomic E-state index is 10.6. The van der Waals surface area contributed by atoms with Crippen LogP contribution in [0.2, 0.25) is 0 Å². The first kappa shape index (κ1) is 9.02. The number of carboxylic acid groups (broad SMARTS) is 1. The van der Waals surface area contributed by atoms with Crippen LogP contribution in [0.4, 0.5) is 0 Å². The van der Waals surface area contributed by atoms with E-state index in [1.165, 1.54) is 12.1 Å². The zero-order valence-corrected chi connectivity index (χ0v) is 7.53. The Balaban J connectivity index is 2.30. The van der Waals surface area contributed by atoms with Gasteiger partial charge in [-0.3, -0.25) is 0 Å². The molecule has 0 bridgehead atoms. The van der Waals surface area contributed by atoms with Gasteiger partial charge in [0.25, 0.3) is 0 Å². The fraction of sp³-hybridized carbons (Fsp3) is 0.300. The molecule has 4 heteroatoms. The largest absolute Gasteiger partial charge is 0.508 e. The lowest BCUT2D eigenvalue weighted by Gasteiger charge is -2.28. The lowest BCUT2D eigenvalue weighted by molar-refractivity contribution is 0.0696. The first-order chi connectivity index (χ1) is 6.68. The molecule has 0 saturated carbocycles. The molecule has 0 radical (unpaired) electrons. The number of hydrogen-bond donors (Lipinski definition) is 3. The van der Waals surface area contributed by atoms with Crippen LogP contribution in [0.1, 0.15) is 28.4 Å². The third-order valence-corrected chi connectivity index (χ3v) is 2.48. The van der Waals surface area contributed by atoms with Gasteiger partial charge < -0.3 is 15.5 Å². The highest BCUT2D eigenvalue weighted by molar-refractivity contribution is 5.88. The van der Waals surface area contributed by atoms with Crippen molar-refractivity contribution in [1.82, 2.24) is 5.32 Å². The number of aromatic carboxylic acids is 1. The predicted octanol–water partition coefficient (Wildman–Crippen LogP) is 1.12. The smallest absolute Gasteiger partial charge is 0.335 e. The molecule has 0 aliphatic carbocycles. The molecule has 1 saturated heterocycles. The van der Waals surface area contributed by atoms with E-state index < -0.39 is 5.97 Å². The second-order valence-electron chi connectivity index (χ2n) is 3.37. The molecule has 1 unspecified atom stereocenters. The molecule has 1 fully saturated rings. The van der Waals surface area contributed by atoms with Gasteiger partial charge in [-0.1, -0.05) is 6.07 Å². The Bertz CT molecular complexity index is 372. The van der Waals surface area contributed by atoms with Crippen molar-refractivity contribution in [2.45, 2.75) is 12.5 Å². The summed E-state index contributed by atoms with van der Waals surface area (Å²) in [6.45, 7) is 0.949. The van der Waals surface area contributed by atoms with Gasteiger partial charge in [0, 0.05) is 11.6 Å². The molecule has 74 valence electrons. The van der Waals surface area contributed by atoms with E-state index in [1.807, 2.05) is 0 Å². The Morgan fingerprint density at radius 2 is 2.21 bits per heavy atom. The Kier molecular flexibility index (Phi) is 2.13. The van der Waals surface area contributed by atoms with Gasteiger partial charge in [-0.05, 0) is 25.1 Å². The van der Waals surface area contributed by atoms with E-state index in [2.05, 4.69) is 5.32 Å². The van der Waals surface area contributed by atoms with Gasteiger partial charge in [0.15, 0.2) is 0 Å². The number of benzene rings is 1. The van der Waals surface area contributed by atoms with Gasteiger partial charge in [-0.25, -0.2) is 4.79 Å². The number of phenols is 1. The first-order valence-electron chi connectivity index (χ1n) is 4.48. The Labute approximate surface area is 81.2 Å². The first-order valence-corrected chi connectivity index (χ1v) is 4.48. The van der Waals surface area contributed by atoms with Crippen LogP contribution < -0.4 is 5.32 Å². The van der Waals surface area contributed by atoms with Crippen LogP contribution in [0.25, 0.3) is 0 Å². The summed E-state index contributed by atoms with van der Waals surface area (Å²) in [5, 5.41) is 21.4. The van der Waals surface area contributed by atoms with E-state index in [9.17, 15) is 9.90 Å². The number of rotatable bonds is 2. The summed E-state index contributed by atoms with van der Waals surface area (Å²) in [4.78, 5) is 10.6. The van der Waals surface area contributed by atoms with Gasteiger partial charge in [0.1, 0.15) is 5.75 Å². The summed E-state index contributed by atoms with van der Waals surface area (Å²) >= 11 is 0. The van der Waals surface area contributed by atoms with Crippen molar-refractivity contribution in [3.05, 3.63) is 29.3 Å². The molecular formula is C10H11NO3. The highest BCUT2D eigenvalue weighted by Crippen LogP contribution is 2.30. The van der Waals surface area contributed by atoms with Gasteiger partial charge in [0.05, 0.1) is 5.56 Å². The molecule has 1 atom stereocenters. The molecule has 14 heavy (non-hydrogen) atoms. The van der Waals surface area contributed by atoms with Gasteiger partial charge in [0.2, 0.25) is 0 Å². The van der Waals surface area contributed by atoms with E-state index in [4.69, 9.17) is 5.11 Å². The standard InChI is InChI=1S/C10H11NO3/c12-9-5-6(10(13)14)1-2-7(9)8-3-4-11-8/h1-2,5,8,11-12H,3-4H2,(H,13,14). The molecule has 1 aliphatic heterocycles. The van der Waals surface area contributed by atoms with Crippen LogP contribution in [0.3, 0.4) is 0 Å². The van der Waals surface area contributed by atoms with Gasteiger partial charge in [-0.2, -0.15) is 0 Å². The second-order valence-corrected chi connectivity index (χ2v) is 3.37. The van der Waals surface area contributed by atoms with Crippen LogP contribution in [0, 0.1) is 0 Å². The van der Waals surface area contributed by atoms with E-state index in [1.54, 1.807) is 6.07 Å². The Hall–Kier alpha value is -1.55. The molecule has 1 heterocycles. The molecule has 1 aliphatic rings. The van der Waals surface area contributed by atoms with Crippen LogP contribution in [0.5, 0.6) is 5.75 Å². The SMILES string of the molecule is O=C(O)c1ccc(C2CCN2)c(O)c1. The lowest BCUT2D eigenvalue weighted by Crippen LogP contribution is -2.34. The third-order valence-electron chi connectivity index (χ3n) is 2.48. The molecule has 2 rings (SSSR count). The van der Waals surface area contributed by atoms with Crippen LogP contribution in [-0.4, -0.2) is 22.7 Å². The number of nitrogens with one attached hydrogen (secondary N) is 1. The molecular weight excluding hydrogens is 182 g/mol. The van der Waals surface area contributed by atoms with E-state index >= 15 is 0 Å². The summed E-state index contributed by atoms with van der Waals surface area (Å²) in [7, 11) is 0. The molecule has 3 N–H and O–H groups in total. The maximum Gasteiger partial charge on any atom is 0.335 e. The number of phenolic OH excluding ortho intramolecular Hbond substituents is 1. The maximum atomic E-state index is 10.6. The van der Waals surface area contributed by atoms with Gasteiger partial charge in [-0.15, -0.1) is 0 Å². The molecule has 1 aromatic rings. The normalized spacial score (nSPS) is 20.1. The van der Waals surface area contributed by atoms with E-state index in [0.29, 0.717) is 0 Å². The zero-order chi connectivity index (χ0) is 10.1. The average Bonchev–Trinajstić information content (AvgIpc) is 2.04. The highest BCUT2D eigenvalue weighted by atomic mass is 16.4. The minimum atomic E-state index is -1.02. The minimum absolute atomic E-state index is 0.0575. The summed E-state index contributed by atoms with van der Waals surface area (Å²) in [5.74, 6) is -0.962. The number of carbonyl (C=O) groups is 1. The molecule has 1 aromatic carbocycles. The molecule has 0 spiro atoms. The fourth-order valence-electron chi connectivity index (χ4n) is 1.53. The minimum Gasteiger partial charge on any atom is -0.508 e. The highest BCUT2D eigenvalue weighted by Gasteiger charge is 2.21. The van der Waals surface area contributed by atoms with Crippen molar-refractivity contribution >= 4 is 5.97 Å². The topological polar surface area (TPSA) is 69.6 Å². The van der Waals surface area contributed by atoms with Crippen molar-refractivity contribution in [2.24, 2.45) is 0 Å². The van der Waals surface area contributed by atoms with Gasteiger partial charge >= 0.3 is 5.97 Å². The lowest BCUT2D eigenvalue weighted by atomic mass is 9.96. The summed E-state index contributed by atoms with van der Waals surface area (Å²) in [6.07, 6.45) is 0.986. The molecule has 4 nitrogen and oxygen atoms in total. The van der Waals surface area contributed by atoms with Crippen LogP contribution in [-0.2, 0) is 0 Å². The van der Waals surface area contributed by atoms with Crippen molar-refractivity contribution in [1.29, 1.82) is 0 Å².